The van der Waals surface area contributed by atoms with Gasteiger partial charge in [0.1, 0.15) is 11.6 Å². The molecular weight excluding hydrogens is 376 g/mol. The van der Waals surface area contributed by atoms with E-state index in [1.165, 1.54) is 20.2 Å². The lowest BCUT2D eigenvalue weighted by atomic mass is 10.1. The van der Waals surface area contributed by atoms with E-state index in [4.69, 9.17) is 0 Å². The first-order chi connectivity index (χ1) is 12.5. The second-order valence-corrected chi connectivity index (χ2v) is 8.38. The van der Waals surface area contributed by atoms with Crippen molar-refractivity contribution in [2.75, 3.05) is 31.3 Å². The minimum atomic E-state index is -3.63. The maximum Gasteiger partial charge on any atom is 0.243 e. The summed E-state index contributed by atoms with van der Waals surface area (Å²) in [7, 11) is -0.762. The molecular formula is C18H21F2N3O3S. The van der Waals surface area contributed by atoms with Gasteiger partial charge in [0.05, 0.1) is 17.1 Å². The molecule has 2 N–H and O–H groups in total. The van der Waals surface area contributed by atoms with Gasteiger partial charge in [0.2, 0.25) is 15.9 Å². The van der Waals surface area contributed by atoms with E-state index in [0.29, 0.717) is 11.8 Å². The largest absolute Gasteiger partial charge is 0.376 e. The maximum absolute atomic E-state index is 13.6. The smallest absolute Gasteiger partial charge is 0.243 e. The van der Waals surface area contributed by atoms with Crippen molar-refractivity contribution >= 4 is 27.3 Å². The number of rotatable bonds is 6. The van der Waals surface area contributed by atoms with E-state index in [1.807, 2.05) is 0 Å². The van der Waals surface area contributed by atoms with Gasteiger partial charge in [-0.25, -0.2) is 21.5 Å². The number of carbonyl (C=O) groups excluding carboxylic acids is 1. The fourth-order valence-corrected chi connectivity index (χ4v) is 3.34. The molecule has 27 heavy (non-hydrogen) atoms. The number of nitrogens with one attached hydrogen (secondary N) is 2. The standard InChI is InChI=1S/C18H21F2N3O3S/c1-11-7-14(27(25,26)23(3)4)9-17(12(11)2)21-10-18(24)22-16-6-5-13(19)8-15(16)20/h5-9,21H,10H2,1-4H3,(H,22,24). The Labute approximate surface area is 157 Å². The molecule has 0 bridgehead atoms. The third-order valence-electron chi connectivity index (χ3n) is 4.06. The predicted molar refractivity (Wildman–Crippen MR) is 100 cm³/mol. The average Bonchev–Trinajstić information content (AvgIpc) is 2.58. The molecule has 0 saturated heterocycles. The molecule has 0 fully saturated rings. The highest BCUT2D eigenvalue weighted by molar-refractivity contribution is 7.89. The lowest BCUT2D eigenvalue weighted by molar-refractivity contribution is -0.114. The van der Waals surface area contributed by atoms with Crippen LogP contribution in [0.5, 0.6) is 0 Å². The Bertz CT molecular complexity index is 976. The summed E-state index contributed by atoms with van der Waals surface area (Å²) in [6.45, 7) is 3.34. The summed E-state index contributed by atoms with van der Waals surface area (Å²) >= 11 is 0. The van der Waals surface area contributed by atoms with Crippen LogP contribution in [0.25, 0.3) is 0 Å². The van der Waals surface area contributed by atoms with Gasteiger partial charge in [0.25, 0.3) is 0 Å². The average molecular weight is 397 g/mol. The number of sulfonamides is 1. The number of nitrogens with zero attached hydrogens (tertiary/aromatic N) is 1. The van der Waals surface area contributed by atoms with Gasteiger partial charge in [0, 0.05) is 25.8 Å². The van der Waals surface area contributed by atoms with Crippen LogP contribution in [0.2, 0.25) is 0 Å². The number of aryl methyl sites for hydroxylation is 1. The minimum absolute atomic E-state index is 0.100. The van der Waals surface area contributed by atoms with Crippen molar-refractivity contribution in [3.05, 3.63) is 53.1 Å². The second kappa shape index (κ2) is 8.01. The summed E-state index contributed by atoms with van der Waals surface area (Å²) in [5.41, 5.74) is 1.86. The van der Waals surface area contributed by atoms with Gasteiger partial charge in [-0.1, -0.05) is 0 Å². The zero-order valence-corrected chi connectivity index (χ0v) is 16.2. The second-order valence-electron chi connectivity index (χ2n) is 6.23. The summed E-state index contributed by atoms with van der Waals surface area (Å²) < 4.78 is 52.3. The van der Waals surface area contributed by atoms with E-state index < -0.39 is 27.6 Å². The van der Waals surface area contributed by atoms with Gasteiger partial charge < -0.3 is 10.6 Å². The van der Waals surface area contributed by atoms with Crippen LogP contribution in [-0.2, 0) is 14.8 Å². The van der Waals surface area contributed by atoms with Crippen molar-refractivity contribution in [2.45, 2.75) is 18.7 Å². The van der Waals surface area contributed by atoms with Crippen molar-refractivity contribution in [1.29, 1.82) is 0 Å². The molecule has 146 valence electrons. The molecule has 0 aliphatic carbocycles. The van der Waals surface area contributed by atoms with Crippen molar-refractivity contribution in [3.8, 4) is 0 Å². The Morgan fingerprint density at radius 2 is 1.74 bits per heavy atom. The molecule has 2 rings (SSSR count). The van der Waals surface area contributed by atoms with E-state index in [2.05, 4.69) is 10.6 Å². The molecule has 2 aromatic carbocycles. The Hall–Kier alpha value is -2.52. The van der Waals surface area contributed by atoms with Crippen LogP contribution >= 0.6 is 0 Å². The number of benzene rings is 2. The third-order valence-corrected chi connectivity index (χ3v) is 5.86. The molecule has 0 aromatic heterocycles. The highest BCUT2D eigenvalue weighted by Gasteiger charge is 2.19. The van der Waals surface area contributed by atoms with Gasteiger partial charge >= 0.3 is 0 Å². The highest BCUT2D eigenvalue weighted by Crippen LogP contribution is 2.25. The predicted octanol–water partition coefficient (Wildman–Crippen LogP) is 2.88. The van der Waals surface area contributed by atoms with Crippen molar-refractivity contribution < 1.29 is 22.0 Å². The van der Waals surface area contributed by atoms with Crippen LogP contribution in [0, 0.1) is 25.5 Å². The molecule has 6 nitrogen and oxygen atoms in total. The molecule has 0 aliphatic heterocycles. The van der Waals surface area contributed by atoms with Gasteiger partial charge in [0.15, 0.2) is 0 Å². The van der Waals surface area contributed by atoms with E-state index >= 15 is 0 Å². The number of hydrogen-bond donors (Lipinski definition) is 2. The molecule has 2 aromatic rings. The summed E-state index contributed by atoms with van der Waals surface area (Å²) in [6, 6.07) is 5.84. The van der Waals surface area contributed by atoms with Gasteiger partial charge in [-0.05, 0) is 49.2 Å². The lowest BCUT2D eigenvalue weighted by Crippen LogP contribution is -2.24. The Morgan fingerprint density at radius 3 is 2.33 bits per heavy atom. The van der Waals surface area contributed by atoms with Crippen LogP contribution < -0.4 is 10.6 Å². The zero-order chi connectivity index (χ0) is 20.4. The molecule has 0 aliphatic rings. The first-order valence-electron chi connectivity index (χ1n) is 8.05. The first kappa shape index (κ1) is 20.8. The molecule has 0 unspecified atom stereocenters. The fraction of sp³-hybridized carbons (Fsp3) is 0.278. The zero-order valence-electron chi connectivity index (χ0n) is 15.4. The summed E-state index contributed by atoms with van der Waals surface area (Å²) in [6.07, 6.45) is 0. The monoisotopic (exact) mass is 397 g/mol. The minimum Gasteiger partial charge on any atom is -0.376 e. The van der Waals surface area contributed by atoms with Crippen molar-refractivity contribution in [1.82, 2.24) is 4.31 Å². The molecule has 9 heteroatoms. The highest BCUT2D eigenvalue weighted by atomic mass is 32.2. The van der Waals surface area contributed by atoms with E-state index in [9.17, 15) is 22.0 Å². The number of hydrogen-bond acceptors (Lipinski definition) is 4. The van der Waals surface area contributed by atoms with Gasteiger partial charge in [-0.3, -0.25) is 4.79 Å². The topological polar surface area (TPSA) is 78.5 Å². The first-order valence-corrected chi connectivity index (χ1v) is 9.49. The lowest BCUT2D eigenvalue weighted by Gasteiger charge is -2.17. The molecule has 0 atom stereocenters. The number of amides is 1. The van der Waals surface area contributed by atoms with Crippen LogP contribution in [-0.4, -0.2) is 39.3 Å². The van der Waals surface area contributed by atoms with Gasteiger partial charge in [-0.15, -0.1) is 0 Å². The summed E-state index contributed by atoms with van der Waals surface area (Å²) in [5, 5.41) is 5.20. The van der Waals surface area contributed by atoms with E-state index in [1.54, 1.807) is 19.9 Å². The van der Waals surface area contributed by atoms with Crippen LogP contribution in [0.15, 0.2) is 35.2 Å². The molecule has 0 radical (unpaired) electrons. The Kier molecular flexibility index (Phi) is 6.17. The number of halogens is 2. The Morgan fingerprint density at radius 1 is 1.07 bits per heavy atom. The normalized spacial score (nSPS) is 11.5. The quantitative estimate of drug-likeness (QED) is 0.786. The molecule has 1 amide bonds. The van der Waals surface area contributed by atoms with Crippen molar-refractivity contribution in [2.24, 2.45) is 0 Å². The third kappa shape index (κ3) is 4.81. The number of anilines is 2. The summed E-state index contributed by atoms with van der Waals surface area (Å²) in [4.78, 5) is 12.1. The number of carbonyl (C=O) groups is 1. The van der Waals surface area contributed by atoms with E-state index in [0.717, 1.165) is 27.6 Å². The van der Waals surface area contributed by atoms with Crippen LogP contribution in [0.1, 0.15) is 11.1 Å². The van der Waals surface area contributed by atoms with E-state index in [-0.39, 0.29) is 17.1 Å². The molecule has 0 heterocycles. The Balaban J connectivity index is 2.17. The molecule has 0 saturated carbocycles. The van der Waals surface area contributed by atoms with Crippen LogP contribution in [0.4, 0.5) is 20.2 Å². The van der Waals surface area contributed by atoms with Gasteiger partial charge in [-0.2, -0.15) is 0 Å². The maximum atomic E-state index is 13.6. The summed E-state index contributed by atoms with van der Waals surface area (Å²) in [5.74, 6) is -2.18. The fourth-order valence-electron chi connectivity index (χ4n) is 2.33. The van der Waals surface area contributed by atoms with Crippen LogP contribution in [0.3, 0.4) is 0 Å². The van der Waals surface area contributed by atoms with Crippen molar-refractivity contribution in [3.63, 3.8) is 0 Å². The molecule has 0 spiro atoms. The SMILES string of the molecule is Cc1cc(S(=O)(=O)N(C)C)cc(NCC(=O)Nc2ccc(F)cc2F)c1C.